The van der Waals surface area contributed by atoms with Gasteiger partial charge >= 0.3 is 0 Å². The molecule has 0 atom stereocenters. The largest absolute Gasteiger partial charge is 0.381 e. The summed E-state index contributed by atoms with van der Waals surface area (Å²) >= 11 is 5.07. The van der Waals surface area contributed by atoms with E-state index in [2.05, 4.69) is 27.0 Å². The Morgan fingerprint density at radius 2 is 2.23 bits per heavy atom. The van der Waals surface area contributed by atoms with Gasteiger partial charge in [-0.15, -0.1) is 11.3 Å². The molecule has 3 rings (SSSR count). The van der Waals surface area contributed by atoms with E-state index in [0.717, 1.165) is 30.5 Å². The number of amides is 1. The Bertz CT molecular complexity index is 627. The summed E-state index contributed by atoms with van der Waals surface area (Å²) < 4.78 is 6.26. The molecule has 1 amide bonds. The summed E-state index contributed by atoms with van der Waals surface area (Å²) in [5.41, 5.74) is 0.623. The Labute approximate surface area is 142 Å². The van der Waals surface area contributed by atoms with Gasteiger partial charge in [0.05, 0.1) is 12.1 Å². The number of carbonyl (C=O) groups is 1. The summed E-state index contributed by atoms with van der Waals surface area (Å²) in [7, 11) is 0. The van der Waals surface area contributed by atoms with Crippen LogP contribution in [-0.4, -0.2) is 35.0 Å². The molecule has 22 heavy (non-hydrogen) atoms. The minimum Gasteiger partial charge on any atom is -0.381 e. The highest BCUT2D eigenvalue weighted by Crippen LogP contribution is 2.23. The van der Waals surface area contributed by atoms with Crippen LogP contribution < -0.4 is 0 Å². The van der Waals surface area contributed by atoms with Gasteiger partial charge in [0.1, 0.15) is 0 Å². The molecule has 2 aromatic rings. The van der Waals surface area contributed by atoms with Gasteiger partial charge in [0.2, 0.25) is 0 Å². The molecule has 0 aromatic carbocycles. The first kappa shape index (κ1) is 15.6. The molecule has 1 saturated heterocycles. The van der Waals surface area contributed by atoms with Gasteiger partial charge in [0.15, 0.2) is 0 Å². The molecule has 0 spiro atoms. The molecule has 4 nitrogen and oxygen atoms in total. The van der Waals surface area contributed by atoms with Gasteiger partial charge in [-0.3, -0.25) is 9.78 Å². The number of carbonyl (C=O) groups excluding carboxylic acids is 1. The van der Waals surface area contributed by atoms with Crippen LogP contribution in [0.3, 0.4) is 0 Å². The monoisotopic (exact) mass is 380 g/mol. The van der Waals surface area contributed by atoms with Crippen LogP contribution in [0, 0.1) is 0 Å². The van der Waals surface area contributed by atoms with Crippen LogP contribution in [0.15, 0.2) is 40.4 Å². The number of nitrogens with zero attached hydrogens (tertiary/aromatic N) is 2. The molecule has 0 unspecified atom stereocenters. The zero-order valence-corrected chi connectivity index (χ0v) is 14.5. The Kier molecular flexibility index (Phi) is 5.23. The molecular weight excluding hydrogens is 364 g/mol. The van der Waals surface area contributed by atoms with Crippen LogP contribution in [0.5, 0.6) is 0 Å². The third-order valence-electron chi connectivity index (χ3n) is 3.75. The number of hydrogen-bond donors (Lipinski definition) is 0. The van der Waals surface area contributed by atoms with Crippen molar-refractivity contribution in [2.24, 2.45) is 0 Å². The van der Waals surface area contributed by atoms with Gasteiger partial charge in [-0.2, -0.15) is 0 Å². The molecule has 0 N–H and O–H groups in total. The molecular formula is C16H17BrN2O2S. The Morgan fingerprint density at radius 3 is 2.91 bits per heavy atom. The standard InChI is InChI=1S/C16H17BrN2O2S/c17-13-8-12(9-18-10-13)16(20)19(11-15-2-1-7-22-15)14-3-5-21-6-4-14/h1-2,7-10,14H,3-6,11H2. The number of rotatable bonds is 4. The lowest BCUT2D eigenvalue weighted by molar-refractivity contribution is 0.0269. The second kappa shape index (κ2) is 7.35. The van der Waals surface area contributed by atoms with Crippen molar-refractivity contribution in [1.82, 2.24) is 9.88 Å². The van der Waals surface area contributed by atoms with Crippen molar-refractivity contribution in [2.75, 3.05) is 13.2 Å². The number of halogens is 1. The number of thiophene rings is 1. The normalized spacial score (nSPS) is 15.7. The van der Waals surface area contributed by atoms with Gasteiger partial charge in [-0.1, -0.05) is 6.07 Å². The first-order chi connectivity index (χ1) is 10.7. The number of aromatic nitrogens is 1. The minimum atomic E-state index is 0.0362. The smallest absolute Gasteiger partial charge is 0.256 e. The van der Waals surface area contributed by atoms with Crippen molar-refractivity contribution in [1.29, 1.82) is 0 Å². The van der Waals surface area contributed by atoms with Crippen molar-refractivity contribution in [2.45, 2.75) is 25.4 Å². The van der Waals surface area contributed by atoms with Crippen molar-refractivity contribution in [3.05, 3.63) is 50.9 Å². The fourth-order valence-electron chi connectivity index (χ4n) is 2.63. The van der Waals surface area contributed by atoms with E-state index >= 15 is 0 Å². The zero-order chi connectivity index (χ0) is 15.4. The van der Waals surface area contributed by atoms with E-state index in [9.17, 15) is 4.79 Å². The summed E-state index contributed by atoms with van der Waals surface area (Å²) in [4.78, 5) is 20.2. The van der Waals surface area contributed by atoms with E-state index in [1.807, 2.05) is 22.4 Å². The van der Waals surface area contributed by atoms with E-state index < -0.39 is 0 Å². The lowest BCUT2D eigenvalue weighted by atomic mass is 10.1. The average Bonchev–Trinajstić information content (AvgIpc) is 3.06. The maximum absolute atomic E-state index is 13.0. The van der Waals surface area contributed by atoms with E-state index in [1.54, 1.807) is 23.7 Å². The van der Waals surface area contributed by atoms with E-state index in [1.165, 1.54) is 4.88 Å². The number of ether oxygens (including phenoxy) is 1. The molecule has 0 bridgehead atoms. The summed E-state index contributed by atoms with van der Waals surface area (Å²) in [5.74, 6) is 0.0362. The van der Waals surface area contributed by atoms with E-state index in [0.29, 0.717) is 12.1 Å². The number of pyridine rings is 1. The van der Waals surface area contributed by atoms with Gasteiger partial charge in [-0.25, -0.2) is 0 Å². The van der Waals surface area contributed by atoms with Crippen LogP contribution in [0.4, 0.5) is 0 Å². The Hall–Kier alpha value is -1.24. The highest BCUT2D eigenvalue weighted by molar-refractivity contribution is 9.10. The predicted octanol–water partition coefficient (Wildman–Crippen LogP) is 3.73. The second-order valence-electron chi connectivity index (χ2n) is 5.25. The van der Waals surface area contributed by atoms with Gasteiger partial charge in [0, 0.05) is 41.0 Å². The predicted molar refractivity (Wildman–Crippen MR) is 90.0 cm³/mol. The van der Waals surface area contributed by atoms with Crippen molar-refractivity contribution in [3.8, 4) is 0 Å². The topological polar surface area (TPSA) is 42.4 Å². The quantitative estimate of drug-likeness (QED) is 0.811. The summed E-state index contributed by atoms with van der Waals surface area (Å²) in [6.07, 6.45) is 5.10. The van der Waals surface area contributed by atoms with Crippen molar-refractivity contribution >= 4 is 33.2 Å². The molecule has 1 fully saturated rings. The Morgan fingerprint density at radius 1 is 1.41 bits per heavy atom. The second-order valence-corrected chi connectivity index (χ2v) is 7.20. The van der Waals surface area contributed by atoms with Gasteiger partial charge in [-0.05, 0) is 46.3 Å². The maximum atomic E-state index is 13.0. The highest BCUT2D eigenvalue weighted by atomic mass is 79.9. The first-order valence-corrected chi connectivity index (χ1v) is 8.93. The fourth-order valence-corrected chi connectivity index (χ4v) is 3.70. The molecule has 1 aliphatic rings. The molecule has 2 aromatic heterocycles. The van der Waals surface area contributed by atoms with Crippen LogP contribution in [0.25, 0.3) is 0 Å². The van der Waals surface area contributed by atoms with Crippen molar-refractivity contribution in [3.63, 3.8) is 0 Å². The third-order valence-corrected chi connectivity index (χ3v) is 5.05. The highest BCUT2D eigenvalue weighted by Gasteiger charge is 2.27. The average molecular weight is 381 g/mol. The molecule has 1 aliphatic heterocycles. The Balaban J connectivity index is 1.84. The lowest BCUT2D eigenvalue weighted by Gasteiger charge is -2.34. The third kappa shape index (κ3) is 3.74. The number of hydrogen-bond acceptors (Lipinski definition) is 4. The van der Waals surface area contributed by atoms with Crippen LogP contribution >= 0.6 is 27.3 Å². The van der Waals surface area contributed by atoms with Crippen LogP contribution in [0.2, 0.25) is 0 Å². The van der Waals surface area contributed by atoms with Gasteiger partial charge < -0.3 is 9.64 Å². The molecule has 0 saturated carbocycles. The minimum absolute atomic E-state index is 0.0362. The van der Waals surface area contributed by atoms with Crippen LogP contribution in [0.1, 0.15) is 28.1 Å². The SMILES string of the molecule is O=C(c1cncc(Br)c1)N(Cc1cccs1)C1CCOCC1. The van der Waals surface area contributed by atoms with E-state index in [-0.39, 0.29) is 11.9 Å². The first-order valence-electron chi connectivity index (χ1n) is 7.25. The summed E-state index contributed by atoms with van der Waals surface area (Å²) in [5, 5.41) is 2.04. The molecule has 3 heterocycles. The van der Waals surface area contributed by atoms with Crippen LogP contribution in [-0.2, 0) is 11.3 Å². The molecule has 116 valence electrons. The molecule has 0 aliphatic carbocycles. The lowest BCUT2D eigenvalue weighted by Crippen LogP contribution is -2.42. The molecule has 0 radical (unpaired) electrons. The van der Waals surface area contributed by atoms with E-state index in [4.69, 9.17) is 4.74 Å². The fraction of sp³-hybridized carbons (Fsp3) is 0.375. The molecule has 6 heteroatoms. The van der Waals surface area contributed by atoms with Crippen molar-refractivity contribution < 1.29 is 9.53 Å². The zero-order valence-electron chi connectivity index (χ0n) is 12.1. The maximum Gasteiger partial charge on any atom is 0.256 e. The summed E-state index contributed by atoms with van der Waals surface area (Å²) in [6.45, 7) is 2.08. The van der Waals surface area contributed by atoms with Gasteiger partial charge in [0.25, 0.3) is 5.91 Å². The summed E-state index contributed by atoms with van der Waals surface area (Å²) in [6, 6.07) is 6.15.